The molecule has 2 rings (SSSR count). The van der Waals surface area contributed by atoms with E-state index in [1.807, 2.05) is 0 Å². The van der Waals surface area contributed by atoms with Crippen LogP contribution in [0.25, 0.3) is 0 Å². The molecule has 0 bridgehead atoms. The lowest BCUT2D eigenvalue weighted by Crippen LogP contribution is -2.37. The van der Waals surface area contributed by atoms with Gasteiger partial charge in [0.15, 0.2) is 4.60 Å². The average Bonchev–Trinajstić information content (AvgIpc) is 2.95. The summed E-state index contributed by atoms with van der Waals surface area (Å²) in [6, 6.07) is 0. The minimum Gasteiger partial charge on any atom is -0.235 e. The van der Waals surface area contributed by atoms with Gasteiger partial charge in [-0.05, 0) is 34.2 Å². The standard InChI is InChI=1S/C10H16BrClN4O2S/c1-16-9(8(11)14-15-16)19(17,18)13-7-10(6-12)4-2-3-5-10/h13H,2-7H2,1H3. The molecule has 1 saturated carbocycles. The number of alkyl halides is 1. The Hall–Kier alpha value is -0.180. The highest BCUT2D eigenvalue weighted by atomic mass is 79.9. The van der Waals surface area contributed by atoms with E-state index in [1.165, 1.54) is 4.68 Å². The fourth-order valence-corrected chi connectivity index (χ4v) is 5.02. The van der Waals surface area contributed by atoms with Gasteiger partial charge in [-0.25, -0.2) is 17.8 Å². The third-order valence-electron chi connectivity index (χ3n) is 3.58. The molecule has 9 heteroatoms. The van der Waals surface area contributed by atoms with Crippen molar-refractivity contribution in [1.29, 1.82) is 0 Å². The van der Waals surface area contributed by atoms with Gasteiger partial charge in [-0.1, -0.05) is 18.1 Å². The zero-order chi connectivity index (χ0) is 14.1. The first-order valence-corrected chi connectivity index (χ1v) is 8.82. The molecule has 1 aliphatic rings. The highest BCUT2D eigenvalue weighted by Crippen LogP contribution is 2.38. The number of halogens is 2. The van der Waals surface area contributed by atoms with Crippen molar-refractivity contribution in [2.45, 2.75) is 30.7 Å². The first-order valence-electron chi connectivity index (χ1n) is 6.01. The fourth-order valence-electron chi connectivity index (χ4n) is 2.41. The first kappa shape index (κ1) is 15.2. The van der Waals surface area contributed by atoms with Gasteiger partial charge >= 0.3 is 0 Å². The molecule has 6 nitrogen and oxygen atoms in total. The molecule has 0 amide bonds. The van der Waals surface area contributed by atoms with Gasteiger partial charge in [-0.3, -0.25) is 0 Å². The van der Waals surface area contributed by atoms with Gasteiger partial charge < -0.3 is 0 Å². The number of nitrogens with one attached hydrogen (secondary N) is 1. The van der Waals surface area contributed by atoms with Crippen LogP contribution in [0, 0.1) is 5.41 Å². The third kappa shape index (κ3) is 3.12. The molecular weight excluding hydrogens is 356 g/mol. The first-order chi connectivity index (χ1) is 8.90. The van der Waals surface area contributed by atoms with E-state index in [9.17, 15) is 8.42 Å². The number of hydrogen-bond donors (Lipinski definition) is 1. The summed E-state index contributed by atoms with van der Waals surface area (Å²) in [5, 5.41) is 7.40. The summed E-state index contributed by atoms with van der Waals surface area (Å²) < 4.78 is 28.6. The molecule has 1 heterocycles. The van der Waals surface area contributed by atoms with Crippen molar-refractivity contribution in [2.75, 3.05) is 12.4 Å². The van der Waals surface area contributed by atoms with Gasteiger partial charge in [0, 0.05) is 19.5 Å². The number of aromatic nitrogens is 3. The van der Waals surface area contributed by atoms with E-state index < -0.39 is 10.0 Å². The van der Waals surface area contributed by atoms with E-state index in [2.05, 4.69) is 31.0 Å². The lowest BCUT2D eigenvalue weighted by Gasteiger charge is -2.26. The monoisotopic (exact) mass is 370 g/mol. The molecule has 19 heavy (non-hydrogen) atoms. The maximum absolute atomic E-state index is 12.3. The van der Waals surface area contributed by atoms with Gasteiger partial charge in [0.2, 0.25) is 5.03 Å². The molecule has 0 aromatic carbocycles. The fraction of sp³-hybridized carbons (Fsp3) is 0.800. The van der Waals surface area contributed by atoms with Crippen molar-refractivity contribution >= 4 is 37.6 Å². The smallest absolute Gasteiger partial charge is 0.235 e. The Labute approximate surface area is 126 Å². The number of aryl methyl sites for hydroxylation is 1. The molecule has 1 aliphatic carbocycles. The Balaban J connectivity index is 2.14. The SMILES string of the molecule is Cn1nnc(Br)c1S(=O)(=O)NCC1(CCl)CCCC1. The van der Waals surface area contributed by atoms with Crippen LogP contribution < -0.4 is 4.72 Å². The minimum absolute atomic E-state index is 0.0372. The average molecular weight is 372 g/mol. The lowest BCUT2D eigenvalue weighted by atomic mass is 9.89. The van der Waals surface area contributed by atoms with Crippen molar-refractivity contribution in [2.24, 2.45) is 12.5 Å². The highest BCUT2D eigenvalue weighted by molar-refractivity contribution is 9.10. The minimum atomic E-state index is -3.63. The van der Waals surface area contributed by atoms with E-state index >= 15 is 0 Å². The van der Waals surface area contributed by atoms with Crippen LogP contribution in [0.1, 0.15) is 25.7 Å². The molecule has 0 spiro atoms. The Morgan fingerprint density at radius 1 is 1.47 bits per heavy atom. The van der Waals surface area contributed by atoms with E-state index in [-0.39, 0.29) is 15.0 Å². The van der Waals surface area contributed by atoms with Gasteiger partial charge in [-0.2, -0.15) is 0 Å². The van der Waals surface area contributed by atoms with Gasteiger partial charge in [0.05, 0.1) is 0 Å². The molecule has 1 aromatic heterocycles. The molecule has 0 unspecified atom stereocenters. The van der Waals surface area contributed by atoms with Gasteiger partial charge in [-0.15, -0.1) is 16.7 Å². The van der Waals surface area contributed by atoms with Crippen LogP contribution in [-0.4, -0.2) is 35.8 Å². The van der Waals surface area contributed by atoms with Crippen LogP contribution in [0.5, 0.6) is 0 Å². The largest absolute Gasteiger partial charge is 0.260 e. The van der Waals surface area contributed by atoms with Crippen LogP contribution in [0.4, 0.5) is 0 Å². The molecule has 0 saturated heterocycles. The number of sulfonamides is 1. The van der Waals surface area contributed by atoms with Crippen molar-refractivity contribution in [1.82, 2.24) is 19.7 Å². The second kappa shape index (κ2) is 5.67. The van der Waals surface area contributed by atoms with Crippen molar-refractivity contribution < 1.29 is 8.42 Å². The Morgan fingerprint density at radius 2 is 2.11 bits per heavy atom. The van der Waals surface area contributed by atoms with Crippen LogP contribution >= 0.6 is 27.5 Å². The van der Waals surface area contributed by atoms with E-state index in [0.29, 0.717) is 12.4 Å². The zero-order valence-electron chi connectivity index (χ0n) is 10.6. The molecule has 1 N–H and O–H groups in total. The predicted molar refractivity (Wildman–Crippen MR) is 75.5 cm³/mol. The highest BCUT2D eigenvalue weighted by Gasteiger charge is 2.35. The molecule has 0 atom stereocenters. The number of rotatable bonds is 5. The summed E-state index contributed by atoms with van der Waals surface area (Å²) in [5.74, 6) is 0.473. The summed E-state index contributed by atoms with van der Waals surface area (Å²) in [6.45, 7) is 0.358. The Bertz CT molecular complexity index is 534. The summed E-state index contributed by atoms with van der Waals surface area (Å²) in [7, 11) is -2.09. The van der Waals surface area contributed by atoms with Crippen molar-refractivity contribution in [3.8, 4) is 0 Å². The van der Waals surface area contributed by atoms with Crippen LogP contribution in [-0.2, 0) is 17.1 Å². The lowest BCUT2D eigenvalue weighted by molar-refractivity contribution is 0.342. The third-order valence-corrected chi connectivity index (χ3v) is 6.43. The zero-order valence-corrected chi connectivity index (χ0v) is 13.7. The van der Waals surface area contributed by atoms with E-state index in [0.717, 1.165) is 25.7 Å². The van der Waals surface area contributed by atoms with Crippen molar-refractivity contribution in [3.05, 3.63) is 4.60 Å². The Morgan fingerprint density at radius 3 is 2.58 bits per heavy atom. The second-order valence-corrected chi connectivity index (χ2v) is 7.67. The van der Waals surface area contributed by atoms with E-state index in [1.54, 1.807) is 7.05 Å². The quantitative estimate of drug-likeness (QED) is 0.799. The van der Waals surface area contributed by atoms with Gasteiger partial charge in [0.25, 0.3) is 10.0 Å². The van der Waals surface area contributed by atoms with E-state index in [4.69, 9.17) is 11.6 Å². The summed E-state index contributed by atoms with van der Waals surface area (Å²) >= 11 is 9.10. The Kier molecular flexibility index (Phi) is 4.54. The predicted octanol–water partition coefficient (Wildman–Crippen LogP) is 1.66. The van der Waals surface area contributed by atoms with Gasteiger partial charge in [0.1, 0.15) is 0 Å². The summed E-state index contributed by atoms with van der Waals surface area (Å²) in [6.07, 6.45) is 4.13. The van der Waals surface area contributed by atoms with Crippen LogP contribution in [0.3, 0.4) is 0 Å². The maximum atomic E-state index is 12.3. The molecule has 0 aliphatic heterocycles. The molecular formula is C10H16BrClN4O2S. The molecule has 0 radical (unpaired) electrons. The second-order valence-electron chi connectivity index (χ2n) is 4.97. The number of nitrogens with zero attached hydrogens (tertiary/aromatic N) is 3. The summed E-state index contributed by atoms with van der Waals surface area (Å²) in [4.78, 5) is 0. The molecule has 1 fully saturated rings. The maximum Gasteiger partial charge on any atom is 0.260 e. The topological polar surface area (TPSA) is 76.9 Å². The van der Waals surface area contributed by atoms with Crippen LogP contribution in [0.2, 0.25) is 0 Å². The molecule has 108 valence electrons. The molecule has 1 aromatic rings. The van der Waals surface area contributed by atoms with Crippen LogP contribution in [0.15, 0.2) is 9.63 Å². The summed E-state index contributed by atoms with van der Waals surface area (Å²) in [5.41, 5.74) is -0.118. The number of hydrogen-bond acceptors (Lipinski definition) is 4. The van der Waals surface area contributed by atoms with Crippen molar-refractivity contribution in [3.63, 3.8) is 0 Å². The normalized spacial score (nSPS) is 18.9.